The monoisotopic (exact) mass is 294 g/mol. The van der Waals surface area contributed by atoms with E-state index in [0.29, 0.717) is 6.61 Å². The highest BCUT2D eigenvalue weighted by Gasteiger charge is 2.06. The molecule has 4 nitrogen and oxygen atoms in total. The summed E-state index contributed by atoms with van der Waals surface area (Å²) in [5, 5.41) is 3.42. The van der Waals surface area contributed by atoms with Crippen molar-refractivity contribution in [3.8, 4) is 11.5 Å². The van der Waals surface area contributed by atoms with Gasteiger partial charge in [-0.1, -0.05) is 19.9 Å². The molecule has 0 heterocycles. The number of rotatable bonds is 11. The van der Waals surface area contributed by atoms with E-state index in [0.717, 1.165) is 50.6 Å². The van der Waals surface area contributed by atoms with Crippen molar-refractivity contribution in [2.75, 3.05) is 40.4 Å². The highest BCUT2D eigenvalue weighted by atomic mass is 16.5. The first-order chi connectivity index (χ1) is 10.2. The summed E-state index contributed by atoms with van der Waals surface area (Å²) in [6, 6.07) is 6.13. The van der Waals surface area contributed by atoms with E-state index in [1.54, 1.807) is 0 Å². The molecule has 0 bridgehead atoms. The van der Waals surface area contributed by atoms with Gasteiger partial charge in [-0.25, -0.2) is 0 Å². The fraction of sp³-hybridized carbons (Fsp3) is 0.647. The van der Waals surface area contributed by atoms with Crippen molar-refractivity contribution >= 4 is 0 Å². The second-order valence-corrected chi connectivity index (χ2v) is 5.45. The number of hydrogen-bond acceptors (Lipinski definition) is 4. The SMILES string of the molecule is CCCNCc1ccc(OCCC)cc1OCCN(C)C. The molecule has 0 aromatic heterocycles. The van der Waals surface area contributed by atoms with Gasteiger partial charge in [0.2, 0.25) is 0 Å². The zero-order valence-electron chi connectivity index (χ0n) is 13.9. The molecule has 21 heavy (non-hydrogen) atoms. The van der Waals surface area contributed by atoms with E-state index < -0.39 is 0 Å². The molecule has 1 aromatic rings. The molecule has 0 saturated carbocycles. The molecule has 0 atom stereocenters. The number of likely N-dealkylation sites (N-methyl/N-ethyl adjacent to an activating group) is 1. The minimum atomic E-state index is 0.686. The van der Waals surface area contributed by atoms with Crippen LogP contribution in [0.1, 0.15) is 32.3 Å². The number of ether oxygens (including phenoxy) is 2. The Hall–Kier alpha value is -1.26. The van der Waals surface area contributed by atoms with Crippen molar-refractivity contribution in [3.63, 3.8) is 0 Å². The molecule has 0 aliphatic rings. The molecule has 120 valence electrons. The first-order valence-electron chi connectivity index (χ1n) is 7.91. The van der Waals surface area contributed by atoms with Gasteiger partial charge in [0, 0.05) is 24.7 Å². The molecule has 1 N–H and O–H groups in total. The highest BCUT2D eigenvalue weighted by Crippen LogP contribution is 2.25. The Labute approximate surface area is 129 Å². The van der Waals surface area contributed by atoms with Crippen molar-refractivity contribution in [2.24, 2.45) is 0 Å². The molecular weight excluding hydrogens is 264 g/mol. The van der Waals surface area contributed by atoms with E-state index in [9.17, 15) is 0 Å². The summed E-state index contributed by atoms with van der Waals surface area (Å²) in [4.78, 5) is 2.12. The molecule has 1 aromatic carbocycles. The summed E-state index contributed by atoms with van der Waals surface area (Å²) in [6.45, 7) is 8.46. The maximum Gasteiger partial charge on any atom is 0.127 e. The number of hydrogen-bond donors (Lipinski definition) is 1. The van der Waals surface area contributed by atoms with E-state index in [1.165, 1.54) is 5.56 Å². The molecule has 0 saturated heterocycles. The fourth-order valence-corrected chi connectivity index (χ4v) is 1.86. The van der Waals surface area contributed by atoms with Crippen molar-refractivity contribution in [2.45, 2.75) is 33.2 Å². The zero-order chi connectivity index (χ0) is 15.5. The summed E-state index contributed by atoms with van der Waals surface area (Å²) in [5.41, 5.74) is 1.19. The van der Waals surface area contributed by atoms with Gasteiger partial charge in [-0.2, -0.15) is 0 Å². The Morgan fingerprint density at radius 1 is 1.05 bits per heavy atom. The minimum absolute atomic E-state index is 0.686. The Morgan fingerprint density at radius 3 is 2.52 bits per heavy atom. The smallest absolute Gasteiger partial charge is 0.127 e. The van der Waals surface area contributed by atoms with Crippen LogP contribution >= 0.6 is 0 Å². The third kappa shape index (κ3) is 7.34. The lowest BCUT2D eigenvalue weighted by Crippen LogP contribution is -2.20. The van der Waals surface area contributed by atoms with Crippen LogP contribution < -0.4 is 14.8 Å². The molecule has 0 aliphatic heterocycles. The zero-order valence-corrected chi connectivity index (χ0v) is 13.9. The average Bonchev–Trinajstić information content (AvgIpc) is 2.46. The summed E-state index contributed by atoms with van der Waals surface area (Å²) in [5.74, 6) is 1.81. The Bertz CT molecular complexity index is 394. The van der Waals surface area contributed by atoms with Gasteiger partial charge in [0.1, 0.15) is 18.1 Å². The van der Waals surface area contributed by atoms with Gasteiger partial charge in [0.15, 0.2) is 0 Å². The molecular formula is C17H30N2O2. The van der Waals surface area contributed by atoms with Gasteiger partial charge >= 0.3 is 0 Å². The predicted molar refractivity (Wildman–Crippen MR) is 88.3 cm³/mol. The summed E-state index contributed by atoms with van der Waals surface area (Å²) < 4.78 is 11.6. The maximum atomic E-state index is 5.94. The second kappa shape index (κ2) is 10.5. The minimum Gasteiger partial charge on any atom is -0.493 e. The third-order valence-electron chi connectivity index (χ3n) is 3.05. The third-order valence-corrected chi connectivity index (χ3v) is 3.05. The molecule has 4 heteroatoms. The lowest BCUT2D eigenvalue weighted by molar-refractivity contribution is 0.256. The average molecular weight is 294 g/mol. The van der Waals surface area contributed by atoms with Crippen LogP contribution in [0.2, 0.25) is 0 Å². The summed E-state index contributed by atoms with van der Waals surface area (Å²) in [6.07, 6.45) is 2.14. The van der Waals surface area contributed by atoms with Gasteiger partial charge in [-0.15, -0.1) is 0 Å². The highest BCUT2D eigenvalue weighted by molar-refractivity contribution is 5.40. The molecule has 0 radical (unpaired) electrons. The van der Waals surface area contributed by atoms with Crippen LogP contribution in [0.5, 0.6) is 11.5 Å². The van der Waals surface area contributed by atoms with E-state index in [4.69, 9.17) is 9.47 Å². The van der Waals surface area contributed by atoms with Crippen molar-refractivity contribution < 1.29 is 9.47 Å². The molecule has 0 spiro atoms. The Kier molecular flexibility index (Phi) is 8.87. The van der Waals surface area contributed by atoms with E-state index in [-0.39, 0.29) is 0 Å². The van der Waals surface area contributed by atoms with Crippen molar-refractivity contribution in [1.82, 2.24) is 10.2 Å². The van der Waals surface area contributed by atoms with Gasteiger partial charge in [-0.3, -0.25) is 0 Å². The van der Waals surface area contributed by atoms with Crippen LogP contribution in [0.3, 0.4) is 0 Å². The van der Waals surface area contributed by atoms with Gasteiger partial charge in [0.05, 0.1) is 6.61 Å². The molecule has 0 amide bonds. The second-order valence-electron chi connectivity index (χ2n) is 5.45. The van der Waals surface area contributed by atoms with Crippen molar-refractivity contribution in [3.05, 3.63) is 23.8 Å². The first kappa shape index (κ1) is 17.8. The van der Waals surface area contributed by atoms with E-state index in [2.05, 4.69) is 30.1 Å². The molecule has 0 unspecified atom stereocenters. The lowest BCUT2D eigenvalue weighted by Gasteiger charge is -2.16. The van der Waals surface area contributed by atoms with E-state index in [1.807, 2.05) is 26.2 Å². The van der Waals surface area contributed by atoms with Crippen LogP contribution in [0.15, 0.2) is 18.2 Å². The summed E-state index contributed by atoms with van der Waals surface area (Å²) in [7, 11) is 4.10. The topological polar surface area (TPSA) is 33.7 Å². The first-order valence-corrected chi connectivity index (χ1v) is 7.91. The van der Waals surface area contributed by atoms with Crippen molar-refractivity contribution in [1.29, 1.82) is 0 Å². The number of nitrogens with zero attached hydrogens (tertiary/aromatic N) is 1. The van der Waals surface area contributed by atoms with Gasteiger partial charge < -0.3 is 19.7 Å². The van der Waals surface area contributed by atoms with Crippen LogP contribution in [-0.4, -0.2) is 45.3 Å². The fourth-order valence-electron chi connectivity index (χ4n) is 1.86. The lowest BCUT2D eigenvalue weighted by atomic mass is 10.2. The molecule has 0 fully saturated rings. The van der Waals surface area contributed by atoms with Gasteiger partial charge in [0.25, 0.3) is 0 Å². The van der Waals surface area contributed by atoms with Crippen LogP contribution in [0.4, 0.5) is 0 Å². The quantitative estimate of drug-likeness (QED) is 0.636. The van der Waals surface area contributed by atoms with Crippen LogP contribution in [0.25, 0.3) is 0 Å². The van der Waals surface area contributed by atoms with Crippen LogP contribution in [-0.2, 0) is 6.54 Å². The molecule has 0 aliphatic carbocycles. The largest absolute Gasteiger partial charge is 0.493 e. The summed E-state index contributed by atoms with van der Waals surface area (Å²) >= 11 is 0. The number of nitrogens with one attached hydrogen (secondary N) is 1. The molecule has 1 rings (SSSR count). The Balaban J connectivity index is 2.69. The Morgan fingerprint density at radius 2 is 1.86 bits per heavy atom. The standard InChI is InChI=1S/C17H30N2O2/c1-5-9-18-14-15-7-8-16(20-11-6-2)13-17(15)21-12-10-19(3)4/h7-8,13,18H,5-6,9-12,14H2,1-4H3. The number of benzene rings is 1. The van der Waals surface area contributed by atoms with Gasteiger partial charge in [-0.05, 0) is 39.5 Å². The normalized spacial score (nSPS) is 10.9. The maximum absolute atomic E-state index is 5.94. The predicted octanol–water partition coefficient (Wildman–Crippen LogP) is 2.92. The van der Waals surface area contributed by atoms with E-state index >= 15 is 0 Å². The van der Waals surface area contributed by atoms with Crippen LogP contribution in [0, 0.1) is 0 Å².